The van der Waals surface area contributed by atoms with Gasteiger partial charge in [-0.25, -0.2) is 4.79 Å². The Morgan fingerprint density at radius 2 is 1.83 bits per heavy atom. The lowest BCUT2D eigenvalue weighted by atomic mass is 9.75. The van der Waals surface area contributed by atoms with Crippen molar-refractivity contribution >= 4 is 17.8 Å². The van der Waals surface area contributed by atoms with Crippen molar-refractivity contribution in [3.63, 3.8) is 0 Å². The van der Waals surface area contributed by atoms with Crippen LogP contribution in [0.1, 0.15) is 65.4 Å². The van der Waals surface area contributed by atoms with Crippen LogP contribution in [0.5, 0.6) is 11.5 Å². The molecule has 0 aromatic heterocycles. The van der Waals surface area contributed by atoms with Crippen LogP contribution in [0, 0.1) is 17.8 Å². The van der Waals surface area contributed by atoms with E-state index in [1.165, 1.54) is 30.0 Å². The van der Waals surface area contributed by atoms with Crippen molar-refractivity contribution in [1.29, 1.82) is 0 Å². The van der Waals surface area contributed by atoms with Crippen molar-refractivity contribution in [3.05, 3.63) is 23.8 Å². The highest BCUT2D eigenvalue weighted by Gasteiger charge is 2.40. The molecule has 2 aliphatic rings. The van der Waals surface area contributed by atoms with E-state index in [0.717, 1.165) is 19.3 Å². The maximum atomic E-state index is 13.1. The zero-order valence-corrected chi connectivity index (χ0v) is 21.6. The lowest BCUT2D eigenvalue weighted by Crippen LogP contribution is -2.53. The molecule has 1 aliphatic heterocycles. The van der Waals surface area contributed by atoms with Crippen LogP contribution in [-0.4, -0.2) is 68.8 Å². The fourth-order valence-electron chi connectivity index (χ4n) is 5.39. The maximum Gasteiger partial charge on any atom is 0.329 e. The minimum atomic E-state index is -1.45. The molecule has 2 amide bonds. The molecule has 1 aliphatic carbocycles. The van der Waals surface area contributed by atoms with Crippen LogP contribution >= 0.6 is 0 Å². The molecule has 6 atom stereocenters. The highest BCUT2D eigenvalue weighted by atomic mass is 16.5. The Morgan fingerprint density at radius 3 is 2.50 bits per heavy atom. The number of hydrogen-bond acceptors (Lipinski definition) is 7. The number of ether oxygens (including phenoxy) is 1. The maximum absolute atomic E-state index is 13.1. The second kappa shape index (κ2) is 12.0. The SMILES string of the molecule is CC(C)C1CC[C@@H](C)C[C@H]1OC(=O)[C@@H]1CCCN1C(=O)[C@H](C)NC(=O)[C@H](O)Cc1ccc(O)c(O)c1. The van der Waals surface area contributed by atoms with Crippen molar-refractivity contribution in [1.82, 2.24) is 10.2 Å². The Balaban J connectivity index is 1.57. The summed E-state index contributed by atoms with van der Waals surface area (Å²) in [5, 5.41) is 31.8. The van der Waals surface area contributed by atoms with Crippen LogP contribution < -0.4 is 5.32 Å². The molecule has 3 rings (SSSR count). The van der Waals surface area contributed by atoms with E-state index >= 15 is 0 Å². The number of phenols is 2. The van der Waals surface area contributed by atoms with Crippen molar-refractivity contribution in [2.45, 2.75) is 90.5 Å². The number of nitrogens with zero attached hydrogens (tertiary/aromatic N) is 1. The van der Waals surface area contributed by atoms with Gasteiger partial charge < -0.3 is 30.3 Å². The molecule has 0 spiro atoms. The fourth-order valence-corrected chi connectivity index (χ4v) is 5.39. The van der Waals surface area contributed by atoms with Crippen LogP contribution in [0.4, 0.5) is 0 Å². The number of nitrogens with one attached hydrogen (secondary N) is 1. The van der Waals surface area contributed by atoms with Gasteiger partial charge in [-0.3, -0.25) is 9.59 Å². The summed E-state index contributed by atoms with van der Waals surface area (Å²) in [5.74, 6) is -0.948. The Morgan fingerprint density at radius 1 is 1.11 bits per heavy atom. The highest BCUT2D eigenvalue weighted by Crippen LogP contribution is 2.36. The third kappa shape index (κ3) is 6.69. The number of aromatic hydroxyl groups is 2. The van der Waals surface area contributed by atoms with Crippen LogP contribution in [0.2, 0.25) is 0 Å². The number of hydrogen-bond donors (Lipinski definition) is 4. The second-order valence-corrected chi connectivity index (χ2v) is 10.8. The molecule has 0 bridgehead atoms. The quantitative estimate of drug-likeness (QED) is 0.315. The number of phenolic OH excluding ortho intramolecular Hbond substituents is 2. The predicted octanol–water partition coefficient (Wildman–Crippen LogP) is 2.50. The first kappa shape index (κ1) is 27.8. The Kier molecular flexibility index (Phi) is 9.22. The van der Waals surface area contributed by atoms with Gasteiger partial charge in [0.2, 0.25) is 11.8 Å². The molecule has 200 valence electrons. The summed E-state index contributed by atoms with van der Waals surface area (Å²) >= 11 is 0. The van der Waals surface area contributed by atoms with Gasteiger partial charge in [0.05, 0.1) is 0 Å². The van der Waals surface area contributed by atoms with Crippen molar-refractivity contribution in [2.75, 3.05) is 6.54 Å². The van der Waals surface area contributed by atoms with Crippen LogP contribution in [0.25, 0.3) is 0 Å². The van der Waals surface area contributed by atoms with E-state index in [1.54, 1.807) is 0 Å². The van der Waals surface area contributed by atoms with Gasteiger partial charge in [-0.2, -0.15) is 0 Å². The van der Waals surface area contributed by atoms with E-state index in [-0.39, 0.29) is 30.0 Å². The third-order valence-corrected chi connectivity index (χ3v) is 7.54. The van der Waals surface area contributed by atoms with E-state index in [2.05, 4.69) is 26.1 Å². The number of carbonyl (C=O) groups excluding carboxylic acids is 3. The first-order valence-corrected chi connectivity index (χ1v) is 13.0. The molecule has 1 heterocycles. The minimum absolute atomic E-state index is 0.101. The monoisotopic (exact) mass is 504 g/mol. The van der Waals surface area contributed by atoms with Gasteiger partial charge in [-0.15, -0.1) is 0 Å². The first-order valence-electron chi connectivity index (χ1n) is 13.0. The largest absolute Gasteiger partial charge is 0.504 e. The molecule has 0 radical (unpaired) electrons. The van der Waals surface area contributed by atoms with Crippen LogP contribution in [-0.2, 0) is 25.5 Å². The summed E-state index contributed by atoms with van der Waals surface area (Å²) < 4.78 is 5.99. The average Bonchev–Trinajstić information content (AvgIpc) is 3.30. The molecule has 9 nitrogen and oxygen atoms in total. The smallest absolute Gasteiger partial charge is 0.329 e. The second-order valence-electron chi connectivity index (χ2n) is 10.8. The van der Waals surface area contributed by atoms with E-state index in [4.69, 9.17) is 4.74 Å². The van der Waals surface area contributed by atoms with Gasteiger partial charge in [-0.05, 0) is 68.1 Å². The number of amides is 2. The van der Waals surface area contributed by atoms with E-state index in [0.29, 0.717) is 42.7 Å². The normalized spacial score (nSPS) is 25.9. The standard InChI is InChI=1S/C27H40N2O7/c1-15(2)19-9-7-16(3)12-24(19)36-27(35)20-6-5-11-29(20)26(34)17(4)28-25(33)23(32)14-18-8-10-21(30)22(31)13-18/h8,10,13,15-17,19-20,23-24,30-32H,5-7,9,11-12,14H2,1-4H3,(H,28,33)/t16-,17+,19?,20+,23-,24-/m1/s1. The first-order chi connectivity index (χ1) is 17.0. The number of aliphatic hydroxyl groups excluding tert-OH is 1. The van der Waals surface area contributed by atoms with Gasteiger partial charge >= 0.3 is 5.97 Å². The number of esters is 1. The van der Waals surface area contributed by atoms with E-state index in [1.807, 2.05) is 0 Å². The number of rotatable bonds is 8. The average molecular weight is 505 g/mol. The summed E-state index contributed by atoms with van der Waals surface area (Å²) in [5.41, 5.74) is 0.450. The number of carbonyl (C=O) groups is 3. The summed E-state index contributed by atoms with van der Waals surface area (Å²) in [7, 11) is 0. The van der Waals surface area contributed by atoms with E-state index in [9.17, 15) is 29.7 Å². The van der Waals surface area contributed by atoms with Gasteiger partial charge in [0.25, 0.3) is 0 Å². The molecule has 1 saturated heterocycles. The number of aliphatic hydroxyl groups is 1. The molecule has 4 N–H and O–H groups in total. The molecular weight excluding hydrogens is 464 g/mol. The molecule has 2 fully saturated rings. The zero-order valence-electron chi connectivity index (χ0n) is 21.6. The molecule has 1 unspecified atom stereocenters. The summed E-state index contributed by atoms with van der Waals surface area (Å²) in [6, 6.07) is 2.40. The fraction of sp³-hybridized carbons (Fsp3) is 0.667. The van der Waals surface area contributed by atoms with Crippen LogP contribution in [0.15, 0.2) is 18.2 Å². The predicted molar refractivity (Wildman–Crippen MR) is 133 cm³/mol. The minimum Gasteiger partial charge on any atom is -0.504 e. The molecule has 1 saturated carbocycles. The molecular formula is C27H40N2O7. The van der Waals surface area contributed by atoms with Gasteiger partial charge in [0.1, 0.15) is 24.3 Å². The summed E-state index contributed by atoms with van der Waals surface area (Å²) in [4.78, 5) is 40.2. The van der Waals surface area contributed by atoms with Crippen LogP contribution in [0.3, 0.4) is 0 Å². The molecule has 1 aromatic rings. The third-order valence-electron chi connectivity index (χ3n) is 7.54. The van der Waals surface area contributed by atoms with Gasteiger partial charge in [-0.1, -0.05) is 33.3 Å². The summed E-state index contributed by atoms with van der Waals surface area (Å²) in [6.07, 6.45) is 2.48. The Labute approximate surface area is 212 Å². The Bertz CT molecular complexity index is 950. The van der Waals surface area contributed by atoms with Crippen molar-refractivity contribution in [2.24, 2.45) is 17.8 Å². The van der Waals surface area contributed by atoms with Gasteiger partial charge in [0, 0.05) is 13.0 Å². The van der Waals surface area contributed by atoms with Crippen molar-refractivity contribution < 1.29 is 34.4 Å². The topological polar surface area (TPSA) is 136 Å². The molecule has 36 heavy (non-hydrogen) atoms. The number of likely N-dealkylation sites (tertiary alicyclic amines) is 1. The molecule has 1 aromatic carbocycles. The lowest BCUT2D eigenvalue weighted by molar-refractivity contribution is -0.164. The zero-order chi connectivity index (χ0) is 26.6. The highest BCUT2D eigenvalue weighted by molar-refractivity contribution is 5.92. The van der Waals surface area contributed by atoms with Crippen molar-refractivity contribution in [3.8, 4) is 11.5 Å². The molecule has 9 heteroatoms. The Hall–Kier alpha value is -2.81. The summed E-state index contributed by atoms with van der Waals surface area (Å²) in [6.45, 7) is 8.40. The number of benzene rings is 1. The van der Waals surface area contributed by atoms with Gasteiger partial charge in [0.15, 0.2) is 11.5 Å². The van der Waals surface area contributed by atoms with E-state index < -0.39 is 30.0 Å². The lowest BCUT2D eigenvalue weighted by Gasteiger charge is -2.37.